The first-order chi connectivity index (χ1) is 15.6. The van der Waals surface area contributed by atoms with Crippen LogP contribution < -0.4 is 10.2 Å². The molecule has 4 rings (SSSR count). The monoisotopic (exact) mass is 561 g/mol. The van der Waals surface area contributed by atoms with E-state index in [1.807, 2.05) is 17.0 Å². The number of hydrogen-bond donors (Lipinski definition) is 1. The van der Waals surface area contributed by atoms with Crippen molar-refractivity contribution in [3.8, 4) is 0 Å². The van der Waals surface area contributed by atoms with Crippen LogP contribution in [0.5, 0.6) is 0 Å². The molecule has 0 aromatic heterocycles. The molecule has 1 fully saturated rings. The van der Waals surface area contributed by atoms with Gasteiger partial charge in [-0.3, -0.25) is 9.79 Å². The number of benzene rings is 2. The summed E-state index contributed by atoms with van der Waals surface area (Å²) in [4.78, 5) is 24.2. The maximum atomic E-state index is 12.6. The molecular weight excluding hydrogens is 525 g/mol. The number of halogens is 1. The van der Waals surface area contributed by atoms with Crippen molar-refractivity contribution in [2.24, 2.45) is 4.99 Å². The zero-order valence-electron chi connectivity index (χ0n) is 19.8. The molecule has 0 saturated carbocycles. The van der Waals surface area contributed by atoms with Crippen molar-refractivity contribution < 1.29 is 4.79 Å². The van der Waals surface area contributed by atoms with Crippen LogP contribution in [-0.4, -0.2) is 60.9 Å². The maximum Gasteiger partial charge on any atom is 0.223 e. The van der Waals surface area contributed by atoms with E-state index in [1.54, 1.807) is 0 Å². The summed E-state index contributed by atoms with van der Waals surface area (Å²) in [7, 11) is 0. The summed E-state index contributed by atoms with van der Waals surface area (Å²) in [6.07, 6.45) is 1.34. The quantitative estimate of drug-likeness (QED) is 0.251. The lowest BCUT2D eigenvalue weighted by Crippen LogP contribution is -2.52. The number of nitrogens with one attached hydrogen (secondary N) is 1. The normalized spacial score (nSPS) is 15.8. The Morgan fingerprint density at radius 3 is 2.30 bits per heavy atom. The first-order valence-electron chi connectivity index (χ1n) is 11.8. The van der Waals surface area contributed by atoms with Crippen molar-refractivity contribution in [1.29, 1.82) is 0 Å². The molecule has 0 unspecified atom stereocenters. The summed E-state index contributed by atoms with van der Waals surface area (Å²) in [5.41, 5.74) is 5.15. The fraction of sp³-hybridized carbons (Fsp3) is 0.462. The molecule has 1 N–H and O–H groups in total. The Morgan fingerprint density at radius 1 is 0.970 bits per heavy atom. The van der Waals surface area contributed by atoms with E-state index in [-0.39, 0.29) is 29.9 Å². The van der Waals surface area contributed by atoms with Gasteiger partial charge < -0.3 is 20.0 Å². The number of fused-ring (bicyclic) bond motifs is 1. The summed E-state index contributed by atoms with van der Waals surface area (Å²) >= 11 is 0. The van der Waals surface area contributed by atoms with E-state index in [0.717, 1.165) is 58.2 Å². The molecule has 0 spiro atoms. The lowest BCUT2D eigenvalue weighted by Gasteiger charge is -2.37. The van der Waals surface area contributed by atoms with Gasteiger partial charge in [-0.05, 0) is 49.1 Å². The van der Waals surface area contributed by atoms with Crippen molar-refractivity contribution in [3.05, 3.63) is 65.2 Å². The van der Waals surface area contributed by atoms with Crippen LogP contribution in [0.25, 0.3) is 0 Å². The molecule has 0 aliphatic carbocycles. The molecule has 2 aliphatic rings. The molecule has 33 heavy (non-hydrogen) atoms. The number of aliphatic imine (C=N–C) groups is 1. The van der Waals surface area contributed by atoms with Crippen LogP contribution in [0.1, 0.15) is 36.5 Å². The van der Waals surface area contributed by atoms with Gasteiger partial charge in [-0.25, -0.2) is 0 Å². The smallest absolute Gasteiger partial charge is 0.223 e. The maximum absolute atomic E-state index is 12.6. The van der Waals surface area contributed by atoms with Crippen LogP contribution >= 0.6 is 24.0 Å². The number of rotatable bonds is 6. The number of amides is 1. The number of guanidine groups is 1. The Balaban J connectivity index is 0.00000306. The highest BCUT2D eigenvalue weighted by Crippen LogP contribution is 2.23. The van der Waals surface area contributed by atoms with Crippen LogP contribution in [0.15, 0.2) is 53.5 Å². The van der Waals surface area contributed by atoms with Crippen molar-refractivity contribution in [3.63, 3.8) is 0 Å². The fourth-order valence-electron chi connectivity index (χ4n) is 4.51. The third kappa shape index (κ3) is 6.62. The van der Waals surface area contributed by atoms with E-state index < -0.39 is 0 Å². The van der Waals surface area contributed by atoms with E-state index >= 15 is 0 Å². The average molecular weight is 562 g/mol. The topological polar surface area (TPSA) is 51.2 Å². The van der Waals surface area contributed by atoms with E-state index in [9.17, 15) is 4.79 Å². The Hall–Kier alpha value is -2.29. The molecule has 0 atom stereocenters. The number of carbonyl (C=O) groups excluding carboxylic acids is 1. The predicted molar refractivity (Wildman–Crippen MR) is 146 cm³/mol. The minimum Gasteiger partial charge on any atom is -0.368 e. The minimum atomic E-state index is 0. The molecule has 178 valence electrons. The lowest BCUT2D eigenvalue weighted by atomic mass is 10.1. The summed E-state index contributed by atoms with van der Waals surface area (Å²) in [5, 5.41) is 3.43. The fourth-order valence-corrected chi connectivity index (χ4v) is 4.51. The number of piperazine rings is 1. The van der Waals surface area contributed by atoms with Gasteiger partial charge in [0.25, 0.3) is 0 Å². The molecule has 6 nitrogen and oxygen atoms in total. The molecule has 7 heteroatoms. The zero-order chi connectivity index (χ0) is 22.3. The van der Waals surface area contributed by atoms with Gasteiger partial charge in [-0.2, -0.15) is 0 Å². The highest BCUT2D eigenvalue weighted by Gasteiger charge is 2.23. The number of anilines is 1. The largest absolute Gasteiger partial charge is 0.368 e. The summed E-state index contributed by atoms with van der Waals surface area (Å²) in [6.45, 7) is 11.1. The number of hydrogen-bond acceptors (Lipinski definition) is 3. The average Bonchev–Trinajstić information content (AvgIpc) is 3.26. The van der Waals surface area contributed by atoms with Gasteiger partial charge in [0.15, 0.2) is 5.96 Å². The van der Waals surface area contributed by atoms with Gasteiger partial charge in [0.1, 0.15) is 0 Å². The Morgan fingerprint density at radius 2 is 1.67 bits per heavy atom. The van der Waals surface area contributed by atoms with Crippen LogP contribution in [-0.2, 0) is 17.9 Å². The second kappa shape index (κ2) is 12.3. The molecule has 0 radical (unpaired) electrons. The molecule has 1 amide bonds. The van der Waals surface area contributed by atoms with Crippen molar-refractivity contribution in [2.45, 2.75) is 39.8 Å². The van der Waals surface area contributed by atoms with Crippen LogP contribution in [0.4, 0.5) is 5.69 Å². The zero-order valence-corrected chi connectivity index (χ0v) is 22.1. The van der Waals surface area contributed by atoms with Crippen LogP contribution in [0, 0.1) is 6.92 Å². The Labute approximate surface area is 215 Å². The molecule has 2 aliphatic heterocycles. The highest BCUT2D eigenvalue weighted by atomic mass is 127. The second-order valence-electron chi connectivity index (χ2n) is 8.67. The molecule has 1 saturated heterocycles. The Kier molecular flexibility index (Phi) is 9.41. The summed E-state index contributed by atoms with van der Waals surface area (Å²) in [6, 6.07) is 17.0. The van der Waals surface area contributed by atoms with Crippen molar-refractivity contribution in [1.82, 2.24) is 15.1 Å². The SMILES string of the molecule is CCNC(=NCCCC(=O)N1Cc2ccccc2C1)N1CCN(c2cccc(C)c2)CC1.I. The number of aryl methyl sites for hydroxylation is 1. The second-order valence-corrected chi connectivity index (χ2v) is 8.67. The van der Waals surface area contributed by atoms with Crippen molar-refractivity contribution >= 4 is 41.5 Å². The standard InChI is InChI=1S/C26H35N5O.HI/c1-3-27-26(30-16-14-29(15-17-30)24-11-6-8-21(2)18-24)28-13-7-12-25(32)31-19-22-9-4-5-10-23(22)20-31;/h4-6,8-11,18H,3,7,12-17,19-20H2,1-2H3,(H,27,28);1H. The van der Waals surface area contributed by atoms with Gasteiger partial charge in [0.05, 0.1) is 0 Å². The van der Waals surface area contributed by atoms with Gasteiger partial charge in [0, 0.05) is 64.5 Å². The van der Waals surface area contributed by atoms with Gasteiger partial charge >= 0.3 is 0 Å². The van der Waals surface area contributed by atoms with Gasteiger partial charge in [0.2, 0.25) is 5.91 Å². The van der Waals surface area contributed by atoms with Crippen molar-refractivity contribution in [2.75, 3.05) is 44.2 Å². The van der Waals surface area contributed by atoms with Crippen LogP contribution in [0.2, 0.25) is 0 Å². The molecule has 2 aromatic rings. The van der Waals surface area contributed by atoms with Gasteiger partial charge in [-0.15, -0.1) is 24.0 Å². The van der Waals surface area contributed by atoms with Gasteiger partial charge in [-0.1, -0.05) is 36.4 Å². The number of carbonyl (C=O) groups is 1. The molecule has 0 bridgehead atoms. The highest BCUT2D eigenvalue weighted by molar-refractivity contribution is 14.0. The first-order valence-corrected chi connectivity index (χ1v) is 11.8. The van der Waals surface area contributed by atoms with E-state index in [1.165, 1.54) is 22.4 Å². The molecular formula is C26H36IN5O. The Bertz CT molecular complexity index is 930. The molecule has 2 aromatic carbocycles. The third-order valence-corrected chi connectivity index (χ3v) is 6.28. The predicted octanol–water partition coefficient (Wildman–Crippen LogP) is 4.02. The summed E-state index contributed by atoms with van der Waals surface area (Å²) < 4.78 is 0. The first kappa shape index (κ1) is 25.3. The molecule has 2 heterocycles. The lowest BCUT2D eigenvalue weighted by molar-refractivity contribution is -0.131. The third-order valence-electron chi connectivity index (χ3n) is 6.28. The van der Waals surface area contributed by atoms with Crippen LogP contribution in [0.3, 0.4) is 0 Å². The minimum absolute atomic E-state index is 0. The van der Waals surface area contributed by atoms with E-state index in [4.69, 9.17) is 4.99 Å². The van der Waals surface area contributed by atoms with E-state index in [0.29, 0.717) is 13.0 Å². The van der Waals surface area contributed by atoms with E-state index in [2.05, 4.69) is 65.4 Å². The number of nitrogens with zero attached hydrogens (tertiary/aromatic N) is 4. The summed E-state index contributed by atoms with van der Waals surface area (Å²) in [5.74, 6) is 1.20.